The summed E-state index contributed by atoms with van der Waals surface area (Å²) in [6.45, 7) is 4.17. The van der Waals surface area contributed by atoms with Crippen LogP contribution in [-0.2, 0) is 4.74 Å². The molecule has 0 spiro atoms. The molecular formula is C15H31NO2. The molecular weight excluding hydrogens is 226 g/mol. The lowest BCUT2D eigenvalue weighted by Crippen LogP contribution is -2.55. The lowest BCUT2D eigenvalue weighted by molar-refractivity contribution is -0.0542. The van der Waals surface area contributed by atoms with Crippen LogP contribution in [0.3, 0.4) is 0 Å². The van der Waals surface area contributed by atoms with E-state index in [4.69, 9.17) is 4.74 Å². The van der Waals surface area contributed by atoms with Gasteiger partial charge in [0.25, 0.3) is 0 Å². The van der Waals surface area contributed by atoms with Gasteiger partial charge in [-0.2, -0.15) is 0 Å². The quantitative estimate of drug-likeness (QED) is 0.794. The Balaban J connectivity index is 2.63. The highest BCUT2D eigenvalue weighted by Gasteiger charge is 2.41. The molecule has 1 saturated carbocycles. The van der Waals surface area contributed by atoms with E-state index in [0.717, 1.165) is 25.7 Å². The molecule has 1 unspecified atom stereocenters. The SMILES string of the molecule is COC(C)(C)CCC(O)C1(N(C)C)CCCCC1. The van der Waals surface area contributed by atoms with Crippen molar-refractivity contribution in [2.45, 2.75) is 76.0 Å². The van der Waals surface area contributed by atoms with Crippen molar-refractivity contribution in [3.05, 3.63) is 0 Å². The van der Waals surface area contributed by atoms with Crippen molar-refractivity contribution in [1.82, 2.24) is 4.90 Å². The van der Waals surface area contributed by atoms with Crippen molar-refractivity contribution >= 4 is 0 Å². The number of methoxy groups -OCH3 is 1. The molecule has 0 bridgehead atoms. The largest absolute Gasteiger partial charge is 0.391 e. The van der Waals surface area contributed by atoms with Crippen LogP contribution in [0.15, 0.2) is 0 Å². The maximum Gasteiger partial charge on any atom is 0.0724 e. The second-order valence-corrected chi connectivity index (χ2v) is 6.58. The molecule has 0 saturated heterocycles. The molecule has 3 heteroatoms. The zero-order valence-corrected chi connectivity index (χ0v) is 12.8. The van der Waals surface area contributed by atoms with Crippen LogP contribution in [0, 0.1) is 0 Å². The van der Waals surface area contributed by atoms with E-state index in [1.165, 1.54) is 19.3 Å². The molecule has 1 fully saturated rings. The molecule has 0 aromatic heterocycles. The Labute approximate surface area is 113 Å². The minimum atomic E-state index is -0.248. The van der Waals surface area contributed by atoms with Crippen LogP contribution in [0.4, 0.5) is 0 Å². The lowest BCUT2D eigenvalue weighted by atomic mass is 9.74. The average molecular weight is 257 g/mol. The van der Waals surface area contributed by atoms with E-state index in [2.05, 4.69) is 32.8 Å². The number of rotatable bonds is 6. The molecule has 108 valence electrons. The Morgan fingerprint density at radius 3 is 2.22 bits per heavy atom. The Bertz CT molecular complexity index is 245. The van der Waals surface area contributed by atoms with Gasteiger partial charge in [-0.25, -0.2) is 0 Å². The smallest absolute Gasteiger partial charge is 0.0724 e. The minimum Gasteiger partial charge on any atom is -0.391 e. The second kappa shape index (κ2) is 6.36. The third kappa shape index (κ3) is 3.69. The first-order valence-corrected chi connectivity index (χ1v) is 7.25. The summed E-state index contributed by atoms with van der Waals surface area (Å²) in [4.78, 5) is 2.25. The van der Waals surface area contributed by atoms with Crippen molar-refractivity contribution in [2.24, 2.45) is 0 Å². The summed E-state index contributed by atoms with van der Waals surface area (Å²) in [6, 6.07) is 0. The summed E-state index contributed by atoms with van der Waals surface area (Å²) >= 11 is 0. The van der Waals surface area contributed by atoms with Crippen molar-refractivity contribution in [3.63, 3.8) is 0 Å². The third-order valence-electron chi connectivity index (χ3n) is 4.80. The molecule has 0 aromatic rings. The third-order valence-corrected chi connectivity index (χ3v) is 4.80. The molecule has 0 heterocycles. The van der Waals surface area contributed by atoms with Gasteiger partial charge in [-0.1, -0.05) is 19.3 Å². The van der Waals surface area contributed by atoms with E-state index in [-0.39, 0.29) is 17.2 Å². The van der Waals surface area contributed by atoms with Crippen molar-refractivity contribution in [2.75, 3.05) is 21.2 Å². The van der Waals surface area contributed by atoms with Gasteiger partial charge in [0.05, 0.1) is 11.7 Å². The first-order valence-electron chi connectivity index (χ1n) is 7.25. The molecule has 0 radical (unpaired) electrons. The highest BCUT2D eigenvalue weighted by atomic mass is 16.5. The summed E-state index contributed by atoms with van der Waals surface area (Å²) < 4.78 is 5.44. The standard InChI is InChI=1S/C15H31NO2/c1-14(2,18-5)12-9-13(17)15(16(3)4)10-7-6-8-11-15/h13,17H,6-12H2,1-5H3. The number of aliphatic hydroxyl groups excluding tert-OH is 1. The van der Waals surface area contributed by atoms with Crippen LogP contribution in [0.25, 0.3) is 0 Å². The Morgan fingerprint density at radius 2 is 1.78 bits per heavy atom. The number of ether oxygens (including phenoxy) is 1. The maximum absolute atomic E-state index is 10.7. The fraction of sp³-hybridized carbons (Fsp3) is 1.00. The Kier molecular flexibility index (Phi) is 5.63. The summed E-state index contributed by atoms with van der Waals surface area (Å²) in [5.41, 5.74) is -0.148. The maximum atomic E-state index is 10.7. The molecule has 1 atom stereocenters. The number of hydrogen-bond acceptors (Lipinski definition) is 3. The zero-order valence-electron chi connectivity index (χ0n) is 12.8. The van der Waals surface area contributed by atoms with E-state index in [1.807, 2.05) is 0 Å². The second-order valence-electron chi connectivity index (χ2n) is 6.58. The van der Waals surface area contributed by atoms with Gasteiger partial charge in [0.1, 0.15) is 0 Å². The Morgan fingerprint density at radius 1 is 1.22 bits per heavy atom. The monoisotopic (exact) mass is 257 g/mol. The van der Waals surface area contributed by atoms with Gasteiger partial charge in [0.2, 0.25) is 0 Å². The van der Waals surface area contributed by atoms with Gasteiger partial charge in [-0.15, -0.1) is 0 Å². The van der Waals surface area contributed by atoms with Gasteiger partial charge >= 0.3 is 0 Å². The van der Waals surface area contributed by atoms with Gasteiger partial charge in [0.15, 0.2) is 0 Å². The lowest BCUT2D eigenvalue weighted by Gasteiger charge is -2.47. The molecule has 3 nitrogen and oxygen atoms in total. The number of nitrogens with zero attached hydrogens (tertiary/aromatic N) is 1. The first kappa shape index (κ1) is 15.9. The predicted molar refractivity (Wildman–Crippen MR) is 75.8 cm³/mol. The molecule has 1 rings (SSSR count). The Hall–Kier alpha value is -0.120. The molecule has 0 aliphatic heterocycles. The summed E-state index contributed by atoms with van der Waals surface area (Å²) in [5, 5.41) is 10.7. The molecule has 1 aliphatic carbocycles. The molecule has 1 aliphatic rings. The molecule has 18 heavy (non-hydrogen) atoms. The van der Waals surface area contributed by atoms with E-state index in [1.54, 1.807) is 7.11 Å². The highest BCUT2D eigenvalue weighted by Crippen LogP contribution is 2.37. The van der Waals surface area contributed by atoms with E-state index in [9.17, 15) is 5.11 Å². The van der Waals surface area contributed by atoms with E-state index in [0.29, 0.717) is 0 Å². The van der Waals surface area contributed by atoms with Gasteiger partial charge < -0.3 is 14.7 Å². The zero-order chi connectivity index (χ0) is 13.8. The van der Waals surface area contributed by atoms with Crippen LogP contribution in [0.2, 0.25) is 0 Å². The van der Waals surface area contributed by atoms with Crippen molar-refractivity contribution in [3.8, 4) is 0 Å². The van der Waals surface area contributed by atoms with Gasteiger partial charge in [0, 0.05) is 12.6 Å². The normalized spacial score (nSPS) is 22.2. The topological polar surface area (TPSA) is 32.7 Å². The first-order chi connectivity index (χ1) is 8.34. The van der Waals surface area contributed by atoms with Crippen LogP contribution >= 0.6 is 0 Å². The molecule has 1 N–H and O–H groups in total. The van der Waals surface area contributed by atoms with Crippen LogP contribution in [-0.4, -0.2) is 48.5 Å². The number of hydrogen-bond donors (Lipinski definition) is 1. The fourth-order valence-electron chi connectivity index (χ4n) is 3.10. The summed E-state index contributed by atoms with van der Waals surface area (Å²) in [6.07, 6.45) is 7.50. The van der Waals surface area contributed by atoms with Crippen molar-refractivity contribution in [1.29, 1.82) is 0 Å². The number of aliphatic hydroxyl groups is 1. The van der Waals surface area contributed by atoms with Crippen LogP contribution in [0.5, 0.6) is 0 Å². The van der Waals surface area contributed by atoms with Gasteiger partial charge in [-0.05, 0) is 53.6 Å². The van der Waals surface area contributed by atoms with Crippen LogP contribution in [0.1, 0.15) is 58.8 Å². The van der Waals surface area contributed by atoms with Gasteiger partial charge in [-0.3, -0.25) is 0 Å². The summed E-state index contributed by atoms with van der Waals surface area (Å²) in [5.74, 6) is 0. The summed E-state index contributed by atoms with van der Waals surface area (Å²) in [7, 11) is 5.96. The minimum absolute atomic E-state index is 0.0118. The predicted octanol–water partition coefficient (Wildman–Crippen LogP) is 2.82. The molecule has 0 amide bonds. The highest BCUT2D eigenvalue weighted by molar-refractivity contribution is 4.97. The van der Waals surface area contributed by atoms with E-state index >= 15 is 0 Å². The molecule has 0 aromatic carbocycles. The average Bonchev–Trinajstić information content (AvgIpc) is 2.36. The fourth-order valence-corrected chi connectivity index (χ4v) is 3.10. The van der Waals surface area contributed by atoms with Crippen molar-refractivity contribution < 1.29 is 9.84 Å². The van der Waals surface area contributed by atoms with E-state index < -0.39 is 0 Å². The van der Waals surface area contributed by atoms with Crippen LogP contribution < -0.4 is 0 Å². The number of likely N-dealkylation sites (N-methyl/N-ethyl adjacent to an activating group) is 1.